The van der Waals surface area contributed by atoms with Crippen LogP contribution >= 0.6 is 0 Å². The molecule has 1 saturated heterocycles. The number of ether oxygens (including phenoxy) is 1. The highest BCUT2D eigenvalue weighted by atomic mass is 16.5. The molecule has 5 heterocycles. The van der Waals surface area contributed by atoms with Crippen molar-refractivity contribution in [1.82, 2.24) is 19.9 Å². The maximum absolute atomic E-state index is 13.3. The van der Waals surface area contributed by atoms with Gasteiger partial charge in [-0.05, 0) is 47.9 Å². The van der Waals surface area contributed by atoms with Gasteiger partial charge in [0.25, 0.3) is 5.91 Å². The lowest BCUT2D eigenvalue weighted by Crippen LogP contribution is -2.33. The number of aromatic nitrogens is 3. The lowest BCUT2D eigenvalue weighted by molar-refractivity contribution is 0.0611. The standard InChI is InChI=1S/C27H26N4O2/c32-27-25-23(7-13-30-27)31(17-18-8-14-33-15-9-18)26(20-5-10-28-11-6-20)24(25)21-3-1-2-19-4-12-29-16-22(19)21/h1-6,10-12,16,18H,7-9,13-15,17H2,(H,30,32). The number of fused-ring (bicyclic) bond motifs is 2. The van der Waals surface area contributed by atoms with Gasteiger partial charge >= 0.3 is 0 Å². The van der Waals surface area contributed by atoms with E-state index in [9.17, 15) is 4.79 Å². The molecule has 2 aliphatic heterocycles. The summed E-state index contributed by atoms with van der Waals surface area (Å²) < 4.78 is 8.04. The fourth-order valence-electron chi connectivity index (χ4n) is 5.35. The number of carbonyl (C=O) groups excluding carboxylic acids is 1. The first-order valence-electron chi connectivity index (χ1n) is 11.7. The molecule has 0 unspecified atom stereocenters. The lowest BCUT2D eigenvalue weighted by atomic mass is 9.92. The van der Waals surface area contributed by atoms with E-state index in [0.717, 1.165) is 83.4 Å². The number of pyridine rings is 2. The molecule has 6 nitrogen and oxygen atoms in total. The number of rotatable bonds is 4. The second-order valence-electron chi connectivity index (χ2n) is 8.86. The van der Waals surface area contributed by atoms with Crippen LogP contribution in [0, 0.1) is 5.92 Å². The van der Waals surface area contributed by atoms with Gasteiger partial charge < -0.3 is 14.6 Å². The van der Waals surface area contributed by atoms with E-state index in [1.54, 1.807) is 0 Å². The van der Waals surface area contributed by atoms with Gasteiger partial charge in [-0.2, -0.15) is 0 Å². The first-order valence-corrected chi connectivity index (χ1v) is 11.7. The minimum absolute atomic E-state index is 0.00757. The number of nitrogens with zero attached hydrogens (tertiary/aromatic N) is 3. The molecule has 0 atom stereocenters. The molecule has 1 aromatic carbocycles. The average Bonchev–Trinajstić information content (AvgIpc) is 3.20. The van der Waals surface area contributed by atoms with Crippen LogP contribution in [-0.2, 0) is 17.7 Å². The zero-order chi connectivity index (χ0) is 22.2. The fourth-order valence-corrected chi connectivity index (χ4v) is 5.35. The Morgan fingerprint density at radius 3 is 2.67 bits per heavy atom. The highest BCUT2D eigenvalue weighted by molar-refractivity contribution is 6.11. The lowest BCUT2D eigenvalue weighted by Gasteiger charge is -2.26. The van der Waals surface area contributed by atoms with E-state index in [2.05, 4.69) is 38.1 Å². The summed E-state index contributed by atoms with van der Waals surface area (Å²) in [7, 11) is 0. The number of amides is 1. The SMILES string of the molecule is O=C1NCCc2c1c(-c1cccc3ccncc13)c(-c1ccncc1)n2CC1CCOCC1. The van der Waals surface area contributed by atoms with Crippen LogP contribution in [0.3, 0.4) is 0 Å². The predicted molar refractivity (Wildman–Crippen MR) is 128 cm³/mol. The van der Waals surface area contributed by atoms with Crippen molar-refractivity contribution >= 4 is 16.7 Å². The zero-order valence-electron chi connectivity index (χ0n) is 18.5. The maximum atomic E-state index is 13.3. The smallest absolute Gasteiger partial charge is 0.253 e. The third-order valence-electron chi connectivity index (χ3n) is 6.93. The van der Waals surface area contributed by atoms with Gasteiger partial charge in [0.1, 0.15) is 0 Å². The van der Waals surface area contributed by atoms with Crippen molar-refractivity contribution in [1.29, 1.82) is 0 Å². The van der Waals surface area contributed by atoms with Crippen molar-refractivity contribution in [3.63, 3.8) is 0 Å². The van der Waals surface area contributed by atoms with E-state index in [4.69, 9.17) is 4.74 Å². The number of hydrogen-bond acceptors (Lipinski definition) is 4. The van der Waals surface area contributed by atoms with Gasteiger partial charge in [0.05, 0.1) is 11.3 Å². The molecule has 2 aliphatic rings. The Kier molecular flexibility index (Phi) is 5.15. The van der Waals surface area contributed by atoms with E-state index < -0.39 is 0 Å². The molecular formula is C27H26N4O2. The van der Waals surface area contributed by atoms with E-state index in [-0.39, 0.29) is 5.91 Å². The van der Waals surface area contributed by atoms with E-state index in [0.29, 0.717) is 12.5 Å². The van der Waals surface area contributed by atoms with Crippen molar-refractivity contribution in [2.75, 3.05) is 19.8 Å². The highest BCUT2D eigenvalue weighted by Gasteiger charge is 2.32. The molecule has 3 aromatic heterocycles. The molecule has 0 saturated carbocycles. The van der Waals surface area contributed by atoms with Crippen LogP contribution in [0.25, 0.3) is 33.2 Å². The summed E-state index contributed by atoms with van der Waals surface area (Å²) in [5.74, 6) is 0.538. The zero-order valence-corrected chi connectivity index (χ0v) is 18.5. The van der Waals surface area contributed by atoms with Crippen molar-refractivity contribution in [2.24, 2.45) is 5.92 Å². The van der Waals surface area contributed by atoms with Gasteiger partial charge in [0.2, 0.25) is 0 Å². The van der Waals surface area contributed by atoms with Gasteiger partial charge in [-0.3, -0.25) is 14.8 Å². The molecule has 33 heavy (non-hydrogen) atoms. The topological polar surface area (TPSA) is 69.0 Å². The van der Waals surface area contributed by atoms with Crippen molar-refractivity contribution in [3.8, 4) is 22.4 Å². The Balaban J connectivity index is 1.66. The van der Waals surface area contributed by atoms with Crippen LogP contribution in [0.2, 0.25) is 0 Å². The molecule has 1 fully saturated rings. The van der Waals surface area contributed by atoms with Crippen LogP contribution in [-0.4, -0.2) is 40.2 Å². The number of benzene rings is 1. The molecule has 4 aromatic rings. The first kappa shape index (κ1) is 20.1. The maximum Gasteiger partial charge on any atom is 0.253 e. The molecule has 1 amide bonds. The van der Waals surface area contributed by atoms with Crippen LogP contribution in [0.5, 0.6) is 0 Å². The van der Waals surface area contributed by atoms with Crippen molar-refractivity contribution in [3.05, 3.63) is 72.4 Å². The van der Waals surface area contributed by atoms with Crippen LogP contribution in [0.4, 0.5) is 0 Å². The summed E-state index contributed by atoms with van der Waals surface area (Å²) in [6.07, 6.45) is 10.3. The third-order valence-corrected chi connectivity index (χ3v) is 6.93. The van der Waals surface area contributed by atoms with Gasteiger partial charge in [-0.1, -0.05) is 18.2 Å². The van der Waals surface area contributed by atoms with Gasteiger partial charge in [0, 0.05) is 79.7 Å². The molecule has 0 aliphatic carbocycles. The number of hydrogen-bond donors (Lipinski definition) is 1. The monoisotopic (exact) mass is 438 g/mol. The van der Waals surface area contributed by atoms with E-state index >= 15 is 0 Å². The summed E-state index contributed by atoms with van der Waals surface area (Å²) in [6.45, 7) is 3.16. The van der Waals surface area contributed by atoms with Crippen molar-refractivity contribution < 1.29 is 9.53 Å². The van der Waals surface area contributed by atoms with Crippen molar-refractivity contribution in [2.45, 2.75) is 25.8 Å². The second-order valence-corrected chi connectivity index (χ2v) is 8.86. The van der Waals surface area contributed by atoms with E-state index in [1.807, 2.05) is 43.0 Å². The summed E-state index contributed by atoms with van der Waals surface area (Å²) in [5, 5.41) is 5.26. The Labute approximate surface area is 192 Å². The molecule has 6 rings (SSSR count). The molecule has 6 heteroatoms. The van der Waals surface area contributed by atoms with Gasteiger partial charge in [-0.25, -0.2) is 0 Å². The van der Waals surface area contributed by atoms with Crippen LogP contribution < -0.4 is 5.32 Å². The molecule has 0 spiro atoms. The Morgan fingerprint density at radius 1 is 1.00 bits per heavy atom. The molecular weight excluding hydrogens is 412 g/mol. The van der Waals surface area contributed by atoms with E-state index in [1.165, 1.54) is 0 Å². The summed E-state index contributed by atoms with van der Waals surface area (Å²) >= 11 is 0. The Hall–Kier alpha value is -3.51. The first-order chi connectivity index (χ1) is 16.3. The largest absolute Gasteiger partial charge is 0.381 e. The number of nitrogens with one attached hydrogen (secondary N) is 1. The van der Waals surface area contributed by atoms with Crippen LogP contribution in [0.15, 0.2) is 61.2 Å². The average molecular weight is 439 g/mol. The Morgan fingerprint density at radius 2 is 1.82 bits per heavy atom. The molecule has 1 N–H and O–H groups in total. The summed E-state index contributed by atoms with van der Waals surface area (Å²) in [6, 6.07) is 12.4. The second kappa shape index (κ2) is 8.45. The minimum atomic E-state index is 0.00757. The van der Waals surface area contributed by atoms with Gasteiger partial charge in [-0.15, -0.1) is 0 Å². The number of carbonyl (C=O) groups is 1. The van der Waals surface area contributed by atoms with Gasteiger partial charge in [0.15, 0.2) is 0 Å². The van der Waals surface area contributed by atoms with Crippen LogP contribution in [0.1, 0.15) is 28.9 Å². The predicted octanol–water partition coefficient (Wildman–Crippen LogP) is 4.48. The highest BCUT2D eigenvalue weighted by Crippen LogP contribution is 2.43. The Bertz CT molecular complexity index is 1320. The molecule has 0 radical (unpaired) electrons. The summed E-state index contributed by atoms with van der Waals surface area (Å²) in [4.78, 5) is 22.0. The summed E-state index contributed by atoms with van der Waals surface area (Å²) in [5.41, 5.74) is 6.16. The fraction of sp³-hybridized carbons (Fsp3) is 0.296. The molecule has 0 bridgehead atoms. The third kappa shape index (κ3) is 3.51. The minimum Gasteiger partial charge on any atom is -0.381 e. The normalized spacial score (nSPS) is 16.5. The molecule has 166 valence electrons. The quantitative estimate of drug-likeness (QED) is 0.510.